The summed E-state index contributed by atoms with van der Waals surface area (Å²) in [5, 5.41) is 0. The van der Waals surface area contributed by atoms with Crippen molar-refractivity contribution in [2.45, 2.75) is 59.2 Å². The van der Waals surface area contributed by atoms with Crippen LogP contribution in [-0.4, -0.2) is 29.2 Å². The van der Waals surface area contributed by atoms with Gasteiger partial charge in [0.2, 0.25) is 0 Å². The molecule has 0 aromatic rings. The summed E-state index contributed by atoms with van der Waals surface area (Å²) in [6, 6.07) is 1.59. The van der Waals surface area contributed by atoms with E-state index in [-0.39, 0.29) is 0 Å². The van der Waals surface area contributed by atoms with Crippen LogP contribution in [0.4, 0.5) is 0 Å². The summed E-state index contributed by atoms with van der Waals surface area (Å²) < 4.78 is 1.25. The minimum atomic E-state index is 0.522. The van der Waals surface area contributed by atoms with Crippen molar-refractivity contribution < 1.29 is 4.48 Å². The van der Waals surface area contributed by atoms with E-state index in [9.17, 15) is 0 Å². The standard InChI is InChI=1S/C11H24N/c1-8(2)11(6)10(5)12(11,7)9(3)4/h8-10H,1-7H3/q+1. The van der Waals surface area contributed by atoms with E-state index in [1.165, 1.54) is 4.48 Å². The first-order valence-electron chi connectivity index (χ1n) is 5.15. The highest BCUT2D eigenvalue weighted by Crippen LogP contribution is 2.54. The van der Waals surface area contributed by atoms with Gasteiger partial charge in [-0.25, -0.2) is 0 Å². The average Bonchev–Trinajstić information content (AvgIpc) is 2.39. The molecular weight excluding hydrogens is 146 g/mol. The third kappa shape index (κ3) is 0.834. The molecule has 0 spiro atoms. The summed E-state index contributed by atoms with van der Waals surface area (Å²) in [5.41, 5.74) is 0.522. The SMILES string of the molecule is CC(C)C1(C)C(C)[N+]1(C)C(C)C. The fourth-order valence-electron chi connectivity index (χ4n) is 3.04. The molecule has 0 aromatic carbocycles. The highest BCUT2D eigenvalue weighted by molar-refractivity contribution is 5.00. The van der Waals surface area contributed by atoms with E-state index in [0.29, 0.717) is 5.54 Å². The van der Waals surface area contributed by atoms with Crippen molar-refractivity contribution in [2.24, 2.45) is 5.92 Å². The molecule has 1 heteroatoms. The van der Waals surface area contributed by atoms with Gasteiger partial charge in [-0.1, -0.05) is 13.8 Å². The minimum absolute atomic E-state index is 0.522. The van der Waals surface area contributed by atoms with Crippen LogP contribution in [0.5, 0.6) is 0 Å². The second-order valence-corrected chi connectivity index (χ2v) is 5.30. The Labute approximate surface area is 77.4 Å². The van der Waals surface area contributed by atoms with Crippen LogP contribution in [0.2, 0.25) is 0 Å². The molecule has 12 heavy (non-hydrogen) atoms. The Bertz CT molecular complexity index is 165. The predicted molar refractivity (Wildman–Crippen MR) is 54.0 cm³/mol. The molecule has 0 amide bonds. The molecule has 0 radical (unpaired) electrons. The Hall–Kier alpha value is -0.0400. The molecule has 1 aliphatic heterocycles. The normalized spacial score (nSPS) is 47.2. The van der Waals surface area contributed by atoms with Crippen LogP contribution in [0, 0.1) is 5.92 Å². The summed E-state index contributed by atoms with van der Waals surface area (Å²) in [4.78, 5) is 0. The molecule has 3 unspecified atom stereocenters. The van der Waals surface area contributed by atoms with Crippen molar-refractivity contribution in [3.63, 3.8) is 0 Å². The highest BCUT2D eigenvalue weighted by Gasteiger charge is 2.73. The number of nitrogens with zero attached hydrogens (tertiary/aromatic N) is 1. The molecule has 0 aromatic heterocycles. The second kappa shape index (κ2) is 2.47. The zero-order valence-electron chi connectivity index (χ0n) is 9.68. The fourth-order valence-corrected chi connectivity index (χ4v) is 3.04. The molecule has 0 N–H and O–H groups in total. The van der Waals surface area contributed by atoms with Crippen molar-refractivity contribution >= 4 is 0 Å². The third-order valence-electron chi connectivity index (χ3n) is 4.86. The Kier molecular flexibility index (Phi) is 2.07. The van der Waals surface area contributed by atoms with Gasteiger partial charge in [-0.15, -0.1) is 0 Å². The van der Waals surface area contributed by atoms with Gasteiger partial charge in [0.25, 0.3) is 0 Å². The molecule has 3 atom stereocenters. The molecule has 1 fully saturated rings. The van der Waals surface area contributed by atoms with Crippen LogP contribution in [-0.2, 0) is 0 Å². The summed E-state index contributed by atoms with van der Waals surface area (Å²) >= 11 is 0. The van der Waals surface area contributed by atoms with Crippen molar-refractivity contribution in [3.05, 3.63) is 0 Å². The number of likely N-dealkylation sites (N-methyl/N-ethyl adjacent to an activating group) is 1. The number of quaternary nitrogens is 1. The Morgan fingerprint density at radius 2 is 1.58 bits per heavy atom. The van der Waals surface area contributed by atoms with E-state index < -0.39 is 0 Å². The zero-order chi connectivity index (χ0) is 9.73. The lowest BCUT2D eigenvalue weighted by Gasteiger charge is -2.26. The smallest absolute Gasteiger partial charge is 0.151 e. The summed E-state index contributed by atoms with van der Waals surface area (Å²) in [6.45, 7) is 14.2. The molecule has 0 aliphatic carbocycles. The highest BCUT2D eigenvalue weighted by atomic mass is 15.6. The maximum absolute atomic E-state index is 2.43. The molecule has 1 aliphatic rings. The van der Waals surface area contributed by atoms with E-state index in [1.807, 2.05) is 0 Å². The molecule has 1 nitrogen and oxygen atoms in total. The lowest BCUT2D eigenvalue weighted by Crippen LogP contribution is -2.39. The van der Waals surface area contributed by atoms with Gasteiger partial charge in [-0.3, -0.25) is 0 Å². The van der Waals surface area contributed by atoms with Gasteiger partial charge in [0.1, 0.15) is 6.04 Å². The topological polar surface area (TPSA) is 0 Å². The quantitative estimate of drug-likeness (QED) is 0.441. The number of hydrogen-bond acceptors (Lipinski definition) is 0. The van der Waals surface area contributed by atoms with Gasteiger partial charge in [0.15, 0.2) is 5.54 Å². The van der Waals surface area contributed by atoms with Gasteiger partial charge >= 0.3 is 0 Å². The number of hydrogen-bond donors (Lipinski definition) is 0. The van der Waals surface area contributed by atoms with Crippen molar-refractivity contribution in [2.75, 3.05) is 7.05 Å². The van der Waals surface area contributed by atoms with Crippen LogP contribution < -0.4 is 0 Å². The largest absolute Gasteiger partial charge is 0.307 e. The molecule has 1 heterocycles. The lowest BCUT2D eigenvalue weighted by atomic mass is 9.94. The average molecular weight is 170 g/mol. The number of rotatable bonds is 2. The third-order valence-corrected chi connectivity index (χ3v) is 4.86. The maximum Gasteiger partial charge on any atom is 0.151 e. The second-order valence-electron chi connectivity index (χ2n) is 5.30. The van der Waals surface area contributed by atoms with Crippen molar-refractivity contribution in [1.29, 1.82) is 0 Å². The van der Waals surface area contributed by atoms with E-state index in [2.05, 4.69) is 48.6 Å². The molecule has 72 valence electrons. The van der Waals surface area contributed by atoms with E-state index >= 15 is 0 Å². The first kappa shape index (κ1) is 10.0. The fraction of sp³-hybridized carbons (Fsp3) is 1.00. The van der Waals surface area contributed by atoms with Gasteiger partial charge in [0.05, 0.1) is 13.1 Å². The van der Waals surface area contributed by atoms with Crippen LogP contribution in [0.3, 0.4) is 0 Å². The van der Waals surface area contributed by atoms with Gasteiger partial charge in [0, 0.05) is 5.92 Å². The summed E-state index contributed by atoms with van der Waals surface area (Å²) in [7, 11) is 2.40. The van der Waals surface area contributed by atoms with E-state index in [1.54, 1.807) is 0 Å². The van der Waals surface area contributed by atoms with Crippen LogP contribution >= 0.6 is 0 Å². The van der Waals surface area contributed by atoms with Gasteiger partial charge in [-0.05, 0) is 27.7 Å². The van der Waals surface area contributed by atoms with Crippen LogP contribution in [0.25, 0.3) is 0 Å². The van der Waals surface area contributed by atoms with Crippen LogP contribution in [0.15, 0.2) is 0 Å². The minimum Gasteiger partial charge on any atom is -0.307 e. The molecule has 1 saturated heterocycles. The first-order valence-corrected chi connectivity index (χ1v) is 5.15. The maximum atomic E-state index is 2.43. The van der Waals surface area contributed by atoms with E-state index in [0.717, 1.165) is 18.0 Å². The molecule has 0 saturated carbocycles. The molecular formula is C11H24N+. The Morgan fingerprint density at radius 1 is 1.17 bits per heavy atom. The Morgan fingerprint density at radius 3 is 1.67 bits per heavy atom. The molecule has 1 rings (SSSR count). The van der Waals surface area contributed by atoms with Gasteiger partial charge < -0.3 is 4.48 Å². The lowest BCUT2D eigenvalue weighted by molar-refractivity contribution is -0.844. The first-order chi connectivity index (χ1) is 5.29. The van der Waals surface area contributed by atoms with Crippen molar-refractivity contribution in [3.8, 4) is 0 Å². The summed E-state index contributed by atoms with van der Waals surface area (Å²) in [5.74, 6) is 0.792. The zero-order valence-corrected chi connectivity index (χ0v) is 9.68. The molecule has 0 bridgehead atoms. The Balaban J connectivity index is 2.88. The predicted octanol–water partition coefficient (Wildman–Crippen LogP) is 2.66. The van der Waals surface area contributed by atoms with Crippen molar-refractivity contribution in [1.82, 2.24) is 0 Å². The summed E-state index contributed by atoms with van der Waals surface area (Å²) in [6.07, 6.45) is 0. The van der Waals surface area contributed by atoms with E-state index in [4.69, 9.17) is 0 Å². The van der Waals surface area contributed by atoms with Gasteiger partial charge in [-0.2, -0.15) is 0 Å². The van der Waals surface area contributed by atoms with Crippen LogP contribution in [0.1, 0.15) is 41.5 Å². The monoisotopic (exact) mass is 170 g/mol.